The molecule has 0 spiro atoms. The number of hydrogen-bond acceptors (Lipinski definition) is 3. The molecule has 6 heteroatoms. The quantitative estimate of drug-likeness (QED) is 0.728. The Morgan fingerprint density at radius 2 is 2.04 bits per heavy atom. The molecule has 0 aliphatic carbocycles. The Hall–Kier alpha value is -2.89. The molecule has 0 saturated carbocycles. The molecule has 1 amide bonds. The van der Waals surface area contributed by atoms with Crippen molar-refractivity contribution in [1.82, 2.24) is 24.2 Å². The van der Waals surface area contributed by atoms with Gasteiger partial charge in [-0.2, -0.15) is 5.10 Å². The third-order valence-electron chi connectivity index (χ3n) is 5.04. The number of carbonyl (C=O) groups is 1. The predicted octanol–water partition coefficient (Wildman–Crippen LogP) is 2.91. The van der Waals surface area contributed by atoms with E-state index in [2.05, 4.69) is 14.6 Å². The molecule has 2 aromatic heterocycles. The van der Waals surface area contributed by atoms with Crippen molar-refractivity contribution >= 4 is 5.91 Å². The van der Waals surface area contributed by atoms with E-state index in [0.717, 1.165) is 42.9 Å². The number of piperidine rings is 1. The second-order valence-electron chi connectivity index (χ2n) is 6.83. The molecule has 4 rings (SSSR count). The summed E-state index contributed by atoms with van der Waals surface area (Å²) in [5, 5.41) is 4.22. The van der Waals surface area contributed by atoms with Crippen LogP contribution in [0, 0.1) is 6.92 Å². The minimum Gasteiger partial charge on any atom is -0.337 e. The van der Waals surface area contributed by atoms with E-state index in [1.807, 2.05) is 65.4 Å². The van der Waals surface area contributed by atoms with Crippen molar-refractivity contribution < 1.29 is 4.79 Å². The summed E-state index contributed by atoms with van der Waals surface area (Å²) in [5.74, 6) is 1.12. The molecular formula is C20H23N5O. The summed E-state index contributed by atoms with van der Waals surface area (Å²) in [6.45, 7) is 4.29. The number of aromatic nitrogens is 4. The average molecular weight is 349 g/mol. The molecule has 1 aromatic carbocycles. The molecule has 1 aliphatic heterocycles. The molecule has 0 N–H and O–H groups in total. The lowest BCUT2D eigenvalue weighted by Crippen LogP contribution is -2.40. The van der Waals surface area contributed by atoms with Crippen molar-refractivity contribution in [2.45, 2.75) is 32.4 Å². The van der Waals surface area contributed by atoms with Crippen LogP contribution in [-0.2, 0) is 6.54 Å². The monoisotopic (exact) mass is 349 g/mol. The van der Waals surface area contributed by atoms with E-state index in [0.29, 0.717) is 12.6 Å². The van der Waals surface area contributed by atoms with Gasteiger partial charge in [0.1, 0.15) is 5.82 Å². The molecule has 1 fully saturated rings. The van der Waals surface area contributed by atoms with Gasteiger partial charge in [-0.15, -0.1) is 0 Å². The first-order chi connectivity index (χ1) is 12.7. The molecule has 26 heavy (non-hydrogen) atoms. The van der Waals surface area contributed by atoms with Crippen molar-refractivity contribution in [3.63, 3.8) is 0 Å². The summed E-state index contributed by atoms with van der Waals surface area (Å²) in [5.41, 5.74) is 1.88. The summed E-state index contributed by atoms with van der Waals surface area (Å²) < 4.78 is 4.06. The highest BCUT2D eigenvalue weighted by Crippen LogP contribution is 2.24. The van der Waals surface area contributed by atoms with Gasteiger partial charge in [-0.1, -0.05) is 12.1 Å². The fraction of sp³-hybridized carbons (Fsp3) is 0.350. The molecule has 1 atom stereocenters. The van der Waals surface area contributed by atoms with Crippen LogP contribution in [0.1, 0.15) is 40.6 Å². The first-order valence-electron chi connectivity index (χ1n) is 9.06. The van der Waals surface area contributed by atoms with Crippen molar-refractivity contribution in [2.75, 3.05) is 13.1 Å². The molecule has 6 nitrogen and oxygen atoms in total. The number of aryl methyl sites for hydroxylation is 1. The zero-order valence-corrected chi connectivity index (χ0v) is 15.0. The zero-order valence-electron chi connectivity index (χ0n) is 15.0. The topological polar surface area (TPSA) is 56.0 Å². The third-order valence-corrected chi connectivity index (χ3v) is 5.04. The van der Waals surface area contributed by atoms with Crippen LogP contribution in [0.5, 0.6) is 0 Å². The highest BCUT2D eigenvalue weighted by Gasteiger charge is 2.26. The summed E-state index contributed by atoms with van der Waals surface area (Å²) in [4.78, 5) is 19.2. The van der Waals surface area contributed by atoms with Gasteiger partial charge in [0.15, 0.2) is 0 Å². The number of amides is 1. The van der Waals surface area contributed by atoms with E-state index >= 15 is 0 Å². The van der Waals surface area contributed by atoms with Crippen LogP contribution in [0.2, 0.25) is 0 Å². The molecule has 3 heterocycles. The van der Waals surface area contributed by atoms with Crippen molar-refractivity contribution in [2.24, 2.45) is 0 Å². The fourth-order valence-electron chi connectivity index (χ4n) is 3.66. The van der Waals surface area contributed by atoms with Gasteiger partial charge in [0, 0.05) is 43.4 Å². The standard InChI is InChI=1S/C20H23N5O/c1-16-21-10-13-25(16)19-4-2-11-23(15-19)20(26)18-7-5-17(6-8-18)14-24-12-3-9-22-24/h3,5-10,12-13,19H,2,4,11,14-15H2,1H3/t19-/m1/s1. The summed E-state index contributed by atoms with van der Waals surface area (Å²) in [7, 11) is 0. The lowest BCUT2D eigenvalue weighted by molar-refractivity contribution is 0.0678. The van der Waals surface area contributed by atoms with Crippen LogP contribution in [0.15, 0.2) is 55.1 Å². The Morgan fingerprint density at radius 3 is 2.73 bits per heavy atom. The maximum absolute atomic E-state index is 12.9. The lowest BCUT2D eigenvalue weighted by Gasteiger charge is -2.34. The number of likely N-dealkylation sites (tertiary alicyclic amines) is 1. The Labute approximate surface area is 153 Å². The van der Waals surface area contributed by atoms with E-state index in [9.17, 15) is 4.79 Å². The minimum atomic E-state index is 0.109. The lowest BCUT2D eigenvalue weighted by atomic mass is 10.0. The van der Waals surface area contributed by atoms with Gasteiger partial charge in [-0.05, 0) is 43.5 Å². The Morgan fingerprint density at radius 1 is 1.19 bits per heavy atom. The highest BCUT2D eigenvalue weighted by atomic mass is 16.2. The number of nitrogens with zero attached hydrogens (tertiary/aromatic N) is 5. The first kappa shape index (κ1) is 16.6. The van der Waals surface area contributed by atoms with Crippen molar-refractivity contribution in [3.05, 3.63) is 72.1 Å². The predicted molar refractivity (Wildman–Crippen MR) is 98.9 cm³/mol. The number of imidazole rings is 1. The molecule has 0 unspecified atom stereocenters. The van der Waals surface area contributed by atoms with Gasteiger partial charge in [0.25, 0.3) is 5.91 Å². The Kier molecular flexibility index (Phi) is 4.56. The largest absolute Gasteiger partial charge is 0.337 e. The van der Waals surface area contributed by atoms with Gasteiger partial charge in [0.2, 0.25) is 0 Å². The molecule has 1 saturated heterocycles. The number of rotatable bonds is 4. The summed E-state index contributed by atoms with van der Waals surface area (Å²) in [6, 6.07) is 10.1. The third kappa shape index (κ3) is 3.40. The van der Waals surface area contributed by atoms with Crippen molar-refractivity contribution in [3.8, 4) is 0 Å². The maximum Gasteiger partial charge on any atom is 0.253 e. The molecule has 134 valence electrons. The van der Waals surface area contributed by atoms with Crippen LogP contribution in [0.3, 0.4) is 0 Å². The van der Waals surface area contributed by atoms with Gasteiger partial charge < -0.3 is 9.47 Å². The molecule has 1 aliphatic rings. The van der Waals surface area contributed by atoms with Gasteiger partial charge in [0.05, 0.1) is 12.6 Å². The van der Waals surface area contributed by atoms with E-state index in [4.69, 9.17) is 0 Å². The van der Waals surface area contributed by atoms with Gasteiger partial charge in [-0.3, -0.25) is 9.48 Å². The SMILES string of the molecule is Cc1nccn1[C@@H]1CCCN(C(=O)c2ccc(Cn3cccn3)cc2)C1. The number of carbonyl (C=O) groups excluding carboxylic acids is 1. The van der Waals surface area contributed by atoms with Crippen LogP contribution >= 0.6 is 0 Å². The van der Waals surface area contributed by atoms with E-state index < -0.39 is 0 Å². The second-order valence-corrected chi connectivity index (χ2v) is 6.83. The van der Waals surface area contributed by atoms with Crippen LogP contribution in [-0.4, -0.2) is 43.2 Å². The number of hydrogen-bond donors (Lipinski definition) is 0. The Bertz CT molecular complexity index is 866. The summed E-state index contributed by atoms with van der Waals surface area (Å²) in [6.07, 6.45) is 9.65. The molecule has 0 radical (unpaired) electrons. The minimum absolute atomic E-state index is 0.109. The average Bonchev–Trinajstić information content (AvgIpc) is 3.33. The van der Waals surface area contributed by atoms with Crippen LogP contribution in [0.4, 0.5) is 0 Å². The van der Waals surface area contributed by atoms with E-state index in [1.54, 1.807) is 6.20 Å². The maximum atomic E-state index is 12.9. The molecule has 3 aromatic rings. The zero-order chi connectivity index (χ0) is 17.9. The Balaban J connectivity index is 1.44. The first-order valence-corrected chi connectivity index (χ1v) is 9.06. The highest BCUT2D eigenvalue weighted by molar-refractivity contribution is 5.94. The molecule has 0 bridgehead atoms. The number of benzene rings is 1. The summed E-state index contributed by atoms with van der Waals surface area (Å²) >= 11 is 0. The van der Waals surface area contributed by atoms with Crippen molar-refractivity contribution in [1.29, 1.82) is 0 Å². The second kappa shape index (κ2) is 7.15. The van der Waals surface area contributed by atoms with Crippen LogP contribution < -0.4 is 0 Å². The smallest absolute Gasteiger partial charge is 0.253 e. The van der Waals surface area contributed by atoms with Gasteiger partial charge >= 0.3 is 0 Å². The molecular weight excluding hydrogens is 326 g/mol. The fourth-order valence-corrected chi connectivity index (χ4v) is 3.66. The van der Waals surface area contributed by atoms with E-state index in [1.165, 1.54) is 0 Å². The van der Waals surface area contributed by atoms with Crippen LogP contribution in [0.25, 0.3) is 0 Å². The van der Waals surface area contributed by atoms with Gasteiger partial charge in [-0.25, -0.2) is 4.98 Å². The van der Waals surface area contributed by atoms with E-state index in [-0.39, 0.29) is 5.91 Å². The normalized spacial score (nSPS) is 17.4.